The van der Waals surface area contributed by atoms with Crippen LogP contribution in [-0.4, -0.2) is 42.3 Å². The molecule has 1 heterocycles. The number of hydrogen-bond acceptors (Lipinski definition) is 3. The van der Waals surface area contributed by atoms with Gasteiger partial charge in [0.25, 0.3) is 0 Å². The van der Waals surface area contributed by atoms with Crippen molar-refractivity contribution in [3.05, 3.63) is 0 Å². The van der Waals surface area contributed by atoms with E-state index < -0.39 is 0 Å². The summed E-state index contributed by atoms with van der Waals surface area (Å²) in [6.45, 7) is 5.59. The summed E-state index contributed by atoms with van der Waals surface area (Å²) < 4.78 is 5.85. The Labute approximate surface area is 110 Å². The molecule has 1 N–H and O–H groups in total. The van der Waals surface area contributed by atoms with Crippen LogP contribution in [0.4, 0.5) is 0 Å². The standard InChI is InChI=1S/C14H26N2O2/c1-3-12-14(17)16(13(4-2)15-12)9-10-18-11-7-5-6-8-11/h11-13,15H,3-10H2,1-2H3. The van der Waals surface area contributed by atoms with Gasteiger partial charge < -0.3 is 9.64 Å². The Kier molecular flexibility index (Phi) is 5.01. The molecule has 1 amide bonds. The molecule has 0 aromatic heterocycles. The summed E-state index contributed by atoms with van der Waals surface area (Å²) in [6, 6.07) is 0.0152. The molecule has 2 rings (SSSR count). The second-order valence-corrected chi connectivity index (χ2v) is 5.36. The number of nitrogens with zero attached hydrogens (tertiary/aromatic N) is 1. The summed E-state index contributed by atoms with van der Waals surface area (Å²) in [5.74, 6) is 0.249. The molecule has 1 saturated heterocycles. The van der Waals surface area contributed by atoms with Crippen LogP contribution >= 0.6 is 0 Å². The number of ether oxygens (including phenoxy) is 1. The first kappa shape index (κ1) is 13.8. The van der Waals surface area contributed by atoms with E-state index in [0.717, 1.165) is 19.4 Å². The summed E-state index contributed by atoms with van der Waals surface area (Å²) in [4.78, 5) is 14.1. The van der Waals surface area contributed by atoms with Crippen LogP contribution in [0.15, 0.2) is 0 Å². The van der Waals surface area contributed by atoms with Gasteiger partial charge in [0.2, 0.25) is 5.91 Å². The molecule has 2 unspecified atom stereocenters. The van der Waals surface area contributed by atoms with Gasteiger partial charge in [-0.05, 0) is 25.7 Å². The van der Waals surface area contributed by atoms with Crippen molar-refractivity contribution in [2.24, 2.45) is 0 Å². The molecule has 0 spiro atoms. The summed E-state index contributed by atoms with van der Waals surface area (Å²) in [7, 11) is 0. The van der Waals surface area contributed by atoms with Gasteiger partial charge in [0, 0.05) is 6.54 Å². The van der Waals surface area contributed by atoms with E-state index in [9.17, 15) is 4.79 Å². The van der Waals surface area contributed by atoms with E-state index in [1.54, 1.807) is 0 Å². The molecule has 4 heteroatoms. The molecule has 2 atom stereocenters. The van der Waals surface area contributed by atoms with E-state index in [1.165, 1.54) is 25.7 Å². The fourth-order valence-corrected chi connectivity index (χ4v) is 3.02. The van der Waals surface area contributed by atoms with Crippen molar-refractivity contribution in [1.29, 1.82) is 0 Å². The number of nitrogens with one attached hydrogen (secondary N) is 1. The van der Waals surface area contributed by atoms with Crippen LogP contribution in [0.1, 0.15) is 52.4 Å². The number of hydrogen-bond donors (Lipinski definition) is 1. The number of amides is 1. The van der Waals surface area contributed by atoms with E-state index in [0.29, 0.717) is 12.7 Å². The van der Waals surface area contributed by atoms with Gasteiger partial charge in [-0.25, -0.2) is 0 Å². The van der Waals surface area contributed by atoms with Crippen molar-refractivity contribution in [2.45, 2.75) is 70.7 Å². The van der Waals surface area contributed by atoms with Crippen LogP contribution in [0.2, 0.25) is 0 Å². The molecule has 2 aliphatic rings. The first-order chi connectivity index (χ1) is 8.76. The Morgan fingerprint density at radius 3 is 2.61 bits per heavy atom. The first-order valence-electron chi connectivity index (χ1n) is 7.44. The van der Waals surface area contributed by atoms with Gasteiger partial charge in [-0.2, -0.15) is 0 Å². The van der Waals surface area contributed by atoms with Crippen molar-refractivity contribution < 1.29 is 9.53 Å². The minimum Gasteiger partial charge on any atom is -0.376 e. The van der Waals surface area contributed by atoms with Gasteiger partial charge in [-0.3, -0.25) is 10.1 Å². The average Bonchev–Trinajstić information content (AvgIpc) is 2.99. The molecule has 4 nitrogen and oxygen atoms in total. The van der Waals surface area contributed by atoms with Crippen molar-refractivity contribution in [3.8, 4) is 0 Å². The highest BCUT2D eigenvalue weighted by molar-refractivity contribution is 5.84. The van der Waals surface area contributed by atoms with E-state index in [2.05, 4.69) is 19.2 Å². The third-order valence-corrected chi connectivity index (χ3v) is 4.13. The lowest BCUT2D eigenvalue weighted by atomic mass is 10.2. The Bertz CT molecular complexity index is 277. The molecule has 104 valence electrons. The summed E-state index contributed by atoms with van der Waals surface area (Å²) in [6.07, 6.45) is 7.46. The van der Waals surface area contributed by atoms with Crippen molar-refractivity contribution in [2.75, 3.05) is 13.2 Å². The van der Waals surface area contributed by atoms with Gasteiger partial charge in [0.05, 0.1) is 24.9 Å². The normalized spacial score (nSPS) is 29.4. The lowest BCUT2D eigenvalue weighted by Gasteiger charge is -2.23. The Balaban J connectivity index is 1.77. The molecule has 0 aromatic rings. The Morgan fingerprint density at radius 1 is 1.28 bits per heavy atom. The third kappa shape index (κ3) is 3.04. The average molecular weight is 254 g/mol. The zero-order chi connectivity index (χ0) is 13.0. The maximum atomic E-state index is 12.1. The Hall–Kier alpha value is -0.610. The van der Waals surface area contributed by atoms with Crippen LogP contribution in [-0.2, 0) is 9.53 Å². The predicted octanol–water partition coefficient (Wildman–Crippen LogP) is 1.89. The van der Waals surface area contributed by atoms with E-state index in [4.69, 9.17) is 4.74 Å². The highest BCUT2D eigenvalue weighted by Gasteiger charge is 2.36. The van der Waals surface area contributed by atoms with Gasteiger partial charge in [0.1, 0.15) is 0 Å². The minimum absolute atomic E-state index is 0.0152. The van der Waals surface area contributed by atoms with Crippen molar-refractivity contribution in [1.82, 2.24) is 10.2 Å². The zero-order valence-corrected chi connectivity index (χ0v) is 11.7. The summed E-state index contributed by atoms with van der Waals surface area (Å²) >= 11 is 0. The molecule has 1 aliphatic heterocycles. The second kappa shape index (κ2) is 6.53. The Morgan fingerprint density at radius 2 is 2.00 bits per heavy atom. The van der Waals surface area contributed by atoms with Gasteiger partial charge in [0.15, 0.2) is 0 Å². The number of rotatable bonds is 6. The minimum atomic E-state index is 0.0152. The first-order valence-corrected chi connectivity index (χ1v) is 7.44. The highest BCUT2D eigenvalue weighted by Crippen LogP contribution is 2.21. The van der Waals surface area contributed by atoms with Crippen LogP contribution < -0.4 is 5.32 Å². The van der Waals surface area contributed by atoms with Crippen LogP contribution in [0.5, 0.6) is 0 Å². The van der Waals surface area contributed by atoms with E-state index in [-0.39, 0.29) is 18.1 Å². The number of carbonyl (C=O) groups excluding carboxylic acids is 1. The van der Waals surface area contributed by atoms with Gasteiger partial charge in [-0.1, -0.05) is 26.7 Å². The fourth-order valence-electron chi connectivity index (χ4n) is 3.02. The molecular weight excluding hydrogens is 228 g/mol. The SMILES string of the molecule is CCC1NC(CC)N(CCOC2CCCC2)C1=O. The molecule has 1 saturated carbocycles. The highest BCUT2D eigenvalue weighted by atomic mass is 16.5. The lowest BCUT2D eigenvalue weighted by molar-refractivity contribution is -0.131. The van der Waals surface area contributed by atoms with Crippen LogP contribution in [0, 0.1) is 0 Å². The van der Waals surface area contributed by atoms with Crippen molar-refractivity contribution >= 4 is 5.91 Å². The third-order valence-electron chi connectivity index (χ3n) is 4.13. The second-order valence-electron chi connectivity index (χ2n) is 5.36. The molecule has 0 radical (unpaired) electrons. The maximum absolute atomic E-state index is 12.1. The van der Waals surface area contributed by atoms with Crippen LogP contribution in [0.25, 0.3) is 0 Å². The number of carbonyl (C=O) groups is 1. The lowest BCUT2D eigenvalue weighted by Crippen LogP contribution is -2.39. The summed E-state index contributed by atoms with van der Waals surface area (Å²) in [5, 5.41) is 3.39. The van der Waals surface area contributed by atoms with Gasteiger partial charge >= 0.3 is 0 Å². The van der Waals surface area contributed by atoms with Crippen molar-refractivity contribution in [3.63, 3.8) is 0 Å². The monoisotopic (exact) mass is 254 g/mol. The topological polar surface area (TPSA) is 41.6 Å². The van der Waals surface area contributed by atoms with E-state index >= 15 is 0 Å². The smallest absolute Gasteiger partial charge is 0.241 e. The van der Waals surface area contributed by atoms with E-state index in [1.807, 2.05) is 4.90 Å². The molecular formula is C14H26N2O2. The molecule has 0 aromatic carbocycles. The molecule has 2 fully saturated rings. The quantitative estimate of drug-likeness (QED) is 0.787. The predicted molar refractivity (Wildman–Crippen MR) is 71.2 cm³/mol. The molecule has 0 bridgehead atoms. The molecule has 1 aliphatic carbocycles. The largest absolute Gasteiger partial charge is 0.376 e. The maximum Gasteiger partial charge on any atom is 0.241 e. The summed E-state index contributed by atoms with van der Waals surface area (Å²) in [5.41, 5.74) is 0. The zero-order valence-electron chi connectivity index (χ0n) is 11.7. The van der Waals surface area contributed by atoms with Gasteiger partial charge in [-0.15, -0.1) is 0 Å². The molecule has 18 heavy (non-hydrogen) atoms. The fraction of sp³-hybridized carbons (Fsp3) is 0.929. The van der Waals surface area contributed by atoms with Crippen LogP contribution in [0.3, 0.4) is 0 Å².